The largest absolute Gasteiger partial charge is 0.409 e. The summed E-state index contributed by atoms with van der Waals surface area (Å²) in [4.78, 5) is 7.87. The summed E-state index contributed by atoms with van der Waals surface area (Å²) in [6.45, 7) is 1.92. The Kier molecular flexibility index (Phi) is 6.69. The Balaban J connectivity index is 1.24. The number of hydrogen-bond donors (Lipinski definition) is 4. The highest BCUT2D eigenvalue weighted by atomic mass is 35.5. The number of oxime groups is 2. The van der Waals surface area contributed by atoms with Gasteiger partial charge < -0.3 is 30.7 Å². The molecule has 0 amide bonds. The molecule has 6 N–H and O–H groups in total. The van der Waals surface area contributed by atoms with Crippen LogP contribution in [0.15, 0.2) is 40.3 Å². The van der Waals surface area contributed by atoms with E-state index in [0.29, 0.717) is 53.1 Å². The summed E-state index contributed by atoms with van der Waals surface area (Å²) >= 11 is 13.1. The van der Waals surface area contributed by atoms with Gasteiger partial charge in [-0.15, -0.1) is 0 Å². The predicted octanol–water partition coefficient (Wildman–Crippen LogP) is 2.40. The van der Waals surface area contributed by atoms with Crippen LogP contribution in [0.2, 0.25) is 10.0 Å². The van der Waals surface area contributed by atoms with E-state index in [9.17, 15) is 0 Å². The zero-order valence-corrected chi connectivity index (χ0v) is 21.1. The second kappa shape index (κ2) is 9.61. The molecule has 0 spiro atoms. The highest BCUT2D eigenvalue weighted by Gasteiger charge is 2.77. The lowest BCUT2D eigenvalue weighted by Gasteiger charge is -2.33. The SMILES string of the molecule is C[NH2+]C(=C\C(=N)N1CCC(OCC23C(c4c(Cl)cccc4Cl)=NOC2C3C2CC2)CC1)/C(N)=N/O. The first-order valence-corrected chi connectivity index (χ1v) is 12.8. The molecule has 3 atom stereocenters. The monoisotopic (exact) mass is 521 g/mol. The third kappa shape index (κ3) is 4.39. The quantitative estimate of drug-likeness (QED) is 0.180. The summed E-state index contributed by atoms with van der Waals surface area (Å²) in [6.07, 6.45) is 5.77. The van der Waals surface area contributed by atoms with Crippen molar-refractivity contribution in [3.63, 3.8) is 0 Å². The number of nitrogens with zero attached hydrogens (tertiary/aromatic N) is 3. The van der Waals surface area contributed by atoms with Crippen LogP contribution < -0.4 is 11.1 Å². The number of nitrogens with one attached hydrogen (secondary N) is 1. The minimum Gasteiger partial charge on any atom is -0.409 e. The Morgan fingerprint density at radius 1 is 1.34 bits per heavy atom. The molecule has 1 aromatic rings. The minimum atomic E-state index is -0.296. The summed E-state index contributed by atoms with van der Waals surface area (Å²) in [7, 11) is 1.79. The van der Waals surface area contributed by atoms with Gasteiger partial charge in [0, 0.05) is 30.6 Å². The van der Waals surface area contributed by atoms with Gasteiger partial charge >= 0.3 is 0 Å². The second-order valence-electron chi connectivity index (χ2n) is 9.72. The summed E-state index contributed by atoms with van der Waals surface area (Å²) in [5.41, 5.74) is 7.49. The van der Waals surface area contributed by atoms with Gasteiger partial charge in [-0.1, -0.05) is 39.6 Å². The van der Waals surface area contributed by atoms with Crippen LogP contribution in [0.3, 0.4) is 0 Å². The maximum atomic E-state index is 8.92. The molecule has 2 saturated carbocycles. The van der Waals surface area contributed by atoms with Crippen molar-refractivity contribution < 1.29 is 20.1 Å². The Morgan fingerprint density at radius 3 is 2.63 bits per heavy atom. The van der Waals surface area contributed by atoms with Crippen molar-refractivity contribution in [1.82, 2.24) is 4.90 Å². The normalized spacial score (nSPS) is 29.0. The van der Waals surface area contributed by atoms with Crippen LogP contribution in [0.1, 0.15) is 31.2 Å². The number of halogens is 2. The molecule has 1 aromatic carbocycles. The highest BCUT2D eigenvalue weighted by molar-refractivity contribution is 6.40. The molecule has 2 heterocycles. The first-order valence-electron chi connectivity index (χ1n) is 12.0. The van der Waals surface area contributed by atoms with E-state index in [4.69, 9.17) is 49.1 Å². The molecule has 2 aliphatic carbocycles. The van der Waals surface area contributed by atoms with Gasteiger partial charge in [-0.2, -0.15) is 0 Å². The van der Waals surface area contributed by atoms with Crippen LogP contribution in [0, 0.1) is 22.7 Å². The van der Waals surface area contributed by atoms with E-state index in [2.05, 4.69) is 10.3 Å². The number of likely N-dealkylation sites (tertiary alicyclic amines) is 1. The number of rotatable bonds is 8. The van der Waals surface area contributed by atoms with Crippen LogP contribution >= 0.6 is 23.2 Å². The van der Waals surface area contributed by atoms with Gasteiger partial charge in [0.25, 0.3) is 0 Å². The standard InChI is InChI=1S/C24H30Cl2N6O3/c1-29-17(23(28)30-33)11-18(27)32-9-7-14(8-10-32)34-12-24-20(13-5-6-13)22(24)35-31-21(24)19-15(25)3-2-4-16(19)26/h2-4,11,13-14,20,22,27,29,33H,5-10,12H2,1H3,(H2,28,30)/p+1/b17-11-,27-18?. The molecule has 3 fully saturated rings. The van der Waals surface area contributed by atoms with E-state index in [0.717, 1.165) is 24.1 Å². The molecule has 3 unspecified atom stereocenters. The zero-order valence-electron chi connectivity index (χ0n) is 19.6. The van der Waals surface area contributed by atoms with E-state index in [1.807, 2.05) is 23.1 Å². The number of amidine groups is 2. The fourth-order valence-electron chi connectivity index (χ4n) is 5.57. The van der Waals surface area contributed by atoms with Gasteiger partial charge in [0.05, 0.1) is 35.2 Å². The topological polar surface area (TPSA) is 133 Å². The van der Waals surface area contributed by atoms with Gasteiger partial charge in [-0.05, 0) is 43.7 Å². The molecule has 5 rings (SSSR count). The predicted molar refractivity (Wildman–Crippen MR) is 134 cm³/mol. The van der Waals surface area contributed by atoms with Crippen molar-refractivity contribution in [3.05, 3.63) is 45.6 Å². The van der Waals surface area contributed by atoms with Crippen LogP contribution in [-0.2, 0) is 9.57 Å². The van der Waals surface area contributed by atoms with E-state index in [-0.39, 0.29) is 23.5 Å². The van der Waals surface area contributed by atoms with Crippen LogP contribution in [0.25, 0.3) is 0 Å². The van der Waals surface area contributed by atoms with Gasteiger partial charge in [0.15, 0.2) is 5.70 Å². The van der Waals surface area contributed by atoms with Crippen molar-refractivity contribution in [2.75, 3.05) is 26.7 Å². The molecule has 9 nitrogen and oxygen atoms in total. The number of quaternary nitrogens is 1. The van der Waals surface area contributed by atoms with Crippen molar-refractivity contribution in [2.45, 2.75) is 37.9 Å². The number of nitrogens with two attached hydrogens (primary N) is 2. The van der Waals surface area contributed by atoms with Gasteiger partial charge in [0.1, 0.15) is 17.7 Å². The lowest BCUT2D eigenvalue weighted by molar-refractivity contribution is -0.567. The van der Waals surface area contributed by atoms with Crippen molar-refractivity contribution in [2.24, 2.45) is 33.3 Å². The number of ether oxygens (including phenoxy) is 1. The van der Waals surface area contributed by atoms with Crippen LogP contribution in [-0.4, -0.2) is 66.4 Å². The second-order valence-corrected chi connectivity index (χ2v) is 10.5. The Morgan fingerprint density at radius 2 is 2.03 bits per heavy atom. The fraction of sp³-hybridized carbons (Fsp3) is 0.542. The van der Waals surface area contributed by atoms with E-state index in [1.165, 1.54) is 12.8 Å². The Bertz CT molecular complexity index is 1080. The molecule has 0 bridgehead atoms. The number of fused-ring (bicyclic) bond motifs is 1. The van der Waals surface area contributed by atoms with Crippen LogP contribution in [0.5, 0.6) is 0 Å². The molecule has 188 valence electrons. The fourth-order valence-corrected chi connectivity index (χ4v) is 6.15. The molecular formula is C24H31Cl2N6O3+. The van der Waals surface area contributed by atoms with Gasteiger partial charge in [0.2, 0.25) is 5.84 Å². The van der Waals surface area contributed by atoms with Crippen molar-refractivity contribution in [3.8, 4) is 0 Å². The van der Waals surface area contributed by atoms with E-state index >= 15 is 0 Å². The molecule has 35 heavy (non-hydrogen) atoms. The summed E-state index contributed by atoms with van der Waals surface area (Å²) in [6, 6.07) is 5.51. The molecule has 4 aliphatic rings. The van der Waals surface area contributed by atoms with Crippen molar-refractivity contribution in [1.29, 1.82) is 5.41 Å². The Labute approximate surface area is 214 Å². The molecule has 0 radical (unpaired) electrons. The van der Waals surface area contributed by atoms with Gasteiger partial charge in [-0.25, -0.2) is 0 Å². The summed E-state index contributed by atoms with van der Waals surface area (Å²) < 4.78 is 6.50. The van der Waals surface area contributed by atoms with E-state index in [1.54, 1.807) is 18.4 Å². The number of likely N-dealkylation sites (N-methyl/N-ethyl adjacent to an activating group) is 1. The lowest BCUT2D eigenvalue weighted by Crippen LogP contribution is -2.80. The average molecular weight is 522 g/mol. The maximum Gasteiger partial charge on any atom is 0.224 e. The number of piperidine rings is 1. The summed E-state index contributed by atoms with van der Waals surface area (Å²) in [5, 5.41) is 27.7. The first kappa shape index (κ1) is 24.4. The van der Waals surface area contributed by atoms with Gasteiger partial charge in [-0.3, -0.25) is 5.41 Å². The Hall–Kier alpha value is -2.33. The molecule has 11 heteroatoms. The molecule has 0 aromatic heterocycles. The molecule has 1 saturated heterocycles. The third-order valence-corrected chi connectivity index (χ3v) is 8.32. The third-order valence-electron chi connectivity index (χ3n) is 7.69. The minimum absolute atomic E-state index is 0.00574. The van der Waals surface area contributed by atoms with Crippen LogP contribution in [0.4, 0.5) is 0 Å². The number of benzene rings is 1. The van der Waals surface area contributed by atoms with Crippen molar-refractivity contribution >= 4 is 40.6 Å². The van der Waals surface area contributed by atoms with E-state index < -0.39 is 0 Å². The number of hydrogen-bond acceptors (Lipinski definition) is 6. The molecular weight excluding hydrogens is 491 g/mol. The molecule has 2 aliphatic heterocycles. The zero-order chi connectivity index (χ0) is 24.7. The first-order chi connectivity index (χ1) is 16.9. The average Bonchev–Trinajstić information content (AvgIpc) is 3.77. The highest BCUT2D eigenvalue weighted by Crippen LogP contribution is 2.68. The maximum absolute atomic E-state index is 8.92. The lowest BCUT2D eigenvalue weighted by atomic mass is 9.90. The summed E-state index contributed by atoms with van der Waals surface area (Å²) in [5.74, 6) is 1.37. The smallest absolute Gasteiger partial charge is 0.224 e.